The van der Waals surface area contributed by atoms with Gasteiger partial charge >= 0.3 is 5.97 Å². The number of imidazole rings is 1. The molecule has 3 rings (SSSR count). The predicted octanol–water partition coefficient (Wildman–Crippen LogP) is 2.33. The molecule has 1 aliphatic rings. The number of carboxylic acid groups (broad SMARTS) is 1. The molecule has 0 saturated carbocycles. The summed E-state index contributed by atoms with van der Waals surface area (Å²) in [6.07, 6.45) is 2.78. The molecule has 0 spiro atoms. The Kier molecular flexibility index (Phi) is 2.98. The zero-order valence-corrected chi connectivity index (χ0v) is 10.7. The van der Waals surface area contributed by atoms with Gasteiger partial charge in [-0.05, 0) is 25.5 Å². The SMILES string of the molecule is CC(C1CCOC1)n1cnc2c(C(=O)O)cccc21. The van der Waals surface area contributed by atoms with E-state index in [-0.39, 0.29) is 11.6 Å². The number of fused-ring (bicyclic) bond motifs is 1. The molecule has 1 aliphatic heterocycles. The Morgan fingerprint density at radius 1 is 1.58 bits per heavy atom. The van der Waals surface area contributed by atoms with Crippen molar-refractivity contribution < 1.29 is 14.6 Å². The van der Waals surface area contributed by atoms with E-state index in [4.69, 9.17) is 4.74 Å². The highest BCUT2D eigenvalue weighted by atomic mass is 16.5. The van der Waals surface area contributed by atoms with Crippen LogP contribution in [-0.4, -0.2) is 33.8 Å². The summed E-state index contributed by atoms with van der Waals surface area (Å²) in [5.41, 5.74) is 1.69. The number of nitrogens with zero attached hydrogens (tertiary/aromatic N) is 2. The molecule has 0 radical (unpaired) electrons. The van der Waals surface area contributed by atoms with E-state index in [9.17, 15) is 9.90 Å². The monoisotopic (exact) mass is 260 g/mol. The molecule has 5 heteroatoms. The maximum Gasteiger partial charge on any atom is 0.337 e. The van der Waals surface area contributed by atoms with E-state index >= 15 is 0 Å². The molecular formula is C14H16N2O3. The standard InChI is InChI=1S/C14H16N2O3/c1-9(10-5-6-19-7-10)16-8-15-13-11(14(17)18)3-2-4-12(13)16/h2-4,8-10H,5-7H2,1H3,(H,17,18). The second kappa shape index (κ2) is 4.66. The number of rotatable bonds is 3. The minimum absolute atomic E-state index is 0.256. The molecule has 1 N–H and O–H groups in total. The lowest BCUT2D eigenvalue weighted by molar-refractivity contribution is 0.0699. The van der Waals surface area contributed by atoms with E-state index in [0.29, 0.717) is 11.4 Å². The van der Waals surface area contributed by atoms with Crippen molar-refractivity contribution in [3.8, 4) is 0 Å². The second-order valence-electron chi connectivity index (χ2n) is 4.99. The van der Waals surface area contributed by atoms with Crippen LogP contribution in [0.25, 0.3) is 11.0 Å². The third-order valence-corrected chi connectivity index (χ3v) is 3.92. The highest BCUT2D eigenvalue weighted by molar-refractivity contribution is 6.00. The van der Waals surface area contributed by atoms with Crippen molar-refractivity contribution in [1.82, 2.24) is 9.55 Å². The van der Waals surface area contributed by atoms with Crippen molar-refractivity contribution >= 4 is 17.0 Å². The van der Waals surface area contributed by atoms with Crippen LogP contribution >= 0.6 is 0 Å². The lowest BCUT2D eigenvalue weighted by Crippen LogP contribution is -2.16. The van der Waals surface area contributed by atoms with Gasteiger partial charge in [0.05, 0.1) is 24.0 Å². The number of hydrogen-bond donors (Lipinski definition) is 1. The van der Waals surface area contributed by atoms with Crippen LogP contribution in [0.5, 0.6) is 0 Å². The molecule has 2 atom stereocenters. The van der Waals surface area contributed by atoms with E-state index in [2.05, 4.69) is 16.5 Å². The molecule has 0 bridgehead atoms. The average Bonchev–Trinajstić information content (AvgIpc) is 3.06. The zero-order chi connectivity index (χ0) is 13.4. The van der Waals surface area contributed by atoms with Crippen LogP contribution < -0.4 is 0 Å². The van der Waals surface area contributed by atoms with Gasteiger partial charge in [0, 0.05) is 18.6 Å². The Labute approximate surface area is 110 Å². The molecule has 1 aromatic heterocycles. The number of aromatic nitrogens is 2. The van der Waals surface area contributed by atoms with Gasteiger partial charge in [-0.15, -0.1) is 0 Å². The van der Waals surface area contributed by atoms with Crippen molar-refractivity contribution in [2.45, 2.75) is 19.4 Å². The van der Waals surface area contributed by atoms with Crippen LogP contribution in [0.4, 0.5) is 0 Å². The molecule has 2 heterocycles. The normalized spacial score (nSPS) is 20.8. The molecule has 5 nitrogen and oxygen atoms in total. The van der Waals surface area contributed by atoms with Crippen molar-refractivity contribution in [2.24, 2.45) is 5.92 Å². The van der Waals surface area contributed by atoms with E-state index in [0.717, 1.165) is 25.2 Å². The fourth-order valence-corrected chi connectivity index (χ4v) is 2.71. The van der Waals surface area contributed by atoms with Crippen molar-refractivity contribution in [1.29, 1.82) is 0 Å². The Bertz CT molecular complexity index is 614. The largest absolute Gasteiger partial charge is 0.478 e. The molecule has 19 heavy (non-hydrogen) atoms. The van der Waals surface area contributed by atoms with Crippen molar-refractivity contribution in [2.75, 3.05) is 13.2 Å². The van der Waals surface area contributed by atoms with Gasteiger partial charge in [-0.2, -0.15) is 0 Å². The minimum Gasteiger partial charge on any atom is -0.478 e. The first-order valence-electron chi connectivity index (χ1n) is 6.45. The average molecular weight is 260 g/mol. The van der Waals surface area contributed by atoms with Gasteiger partial charge in [0.15, 0.2) is 0 Å². The molecular weight excluding hydrogens is 244 g/mol. The maximum absolute atomic E-state index is 11.2. The van der Waals surface area contributed by atoms with Crippen molar-refractivity contribution in [3.63, 3.8) is 0 Å². The molecule has 0 amide bonds. The number of carbonyl (C=O) groups is 1. The fraction of sp³-hybridized carbons (Fsp3) is 0.429. The number of aromatic carboxylic acids is 1. The van der Waals surface area contributed by atoms with E-state index in [1.807, 2.05) is 6.07 Å². The first-order chi connectivity index (χ1) is 9.18. The number of hydrogen-bond acceptors (Lipinski definition) is 3. The van der Waals surface area contributed by atoms with Gasteiger partial charge in [0.1, 0.15) is 5.52 Å². The van der Waals surface area contributed by atoms with Gasteiger partial charge < -0.3 is 14.4 Å². The highest BCUT2D eigenvalue weighted by Gasteiger charge is 2.25. The first kappa shape index (κ1) is 12.2. The summed E-state index contributed by atoms with van der Waals surface area (Å²) in [5, 5.41) is 9.17. The molecule has 1 saturated heterocycles. The second-order valence-corrected chi connectivity index (χ2v) is 4.99. The van der Waals surface area contributed by atoms with Gasteiger partial charge in [0.2, 0.25) is 0 Å². The molecule has 2 unspecified atom stereocenters. The summed E-state index contributed by atoms with van der Waals surface area (Å²) in [7, 11) is 0. The van der Waals surface area contributed by atoms with E-state index < -0.39 is 5.97 Å². The van der Waals surface area contributed by atoms with Gasteiger partial charge in [-0.25, -0.2) is 9.78 Å². The fourth-order valence-electron chi connectivity index (χ4n) is 2.71. The topological polar surface area (TPSA) is 64.4 Å². The van der Waals surface area contributed by atoms with Crippen LogP contribution in [-0.2, 0) is 4.74 Å². The summed E-state index contributed by atoms with van der Waals surface area (Å²) in [4.78, 5) is 15.5. The third kappa shape index (κ3) is 2.00. The Balaban J connectivity index is 2.05. The summed E-state index contributed by atoms with van der Waals surface area (Å²) in [5.74, 6) is -0.474. The van der Waals surface area contributed by atoms with Crippen LogP contribution in [0, 0.1) is 5.92 Å². The number of carboxylic acids is 1. The molecule has 1 fully saturated rings. The van der Waals surface area contributed by atoms with Crippen LogP contribution in [0.2, 0.25) is 0 Å². The van der Waals surface area contributed by atoms with Gasteiger partial charge in [-0.3, -0.25) is 0 Å². The van der Waals surface area contributed by atoms with E-state index in [1.165, 1.54) is 0 Å². The lowest BCUT2D eigenvalue weighted by atomic mass is 10.0. The van der Waals surface area contributed by atoms with Crippen LogP contribution in [0.3, 0.4) is 0 Å². The van der Waals surface area contributed by atoms with Gasteiger partial charge in [-0.1, -0.05) is 6.07 Å². The summed E-state index contributed by atoms with van der Waals surface area (Å²) in [6.45, 7) is 3.70. The highest BCUT2D eigenvalue weighted by Crippen LogP contribution is 2.29. The quantitative estimate of drug-likeness (QED) is 0.920. The molecule has 1 aromatic carbocycles. The zero-order valence-electron chi connectivity index (χ0n) is 10.7. The third-order valence-electron chi connectivity index (χ3n) is 3.92. The summed E-state index contributed by atoms with van der Waals surface area (Å²) >= 11 is 0. The Morgan fingerprint density at radius 3 is 3.11 bits per heavy atom. The molecule has 100 valence electrons. The number of para-hydroxylation sites is 1. The lowest BCUT2D eigenvalue weighted by Gasteiger charge is -2.20. The predicted molar refractivity (Wildman–Crippen MR) is 70.3 cm³/mol. The summed E-state index contributed by atoms with van der Waals surface area (Å²) < 4.78 is 7.48. The number of ether oxygens (including phenoxy) is 1. The van der Waals surface area contributed by atoms with Crippen molar-refractivity contribution in [3.05, 3.63) is 30.1 Å². The maximum atomic E-state index is 11.2. The minimum atomic E-state index is -0.937. The number of benzene rings is 1. The van der Waals surface area contributed by atoms with Gasteiger partial charge in [0.25, 0.3) is 0 Å². The summed E-state index contributed by atoms with van der Waals surface area (Å²) in [6, 6.07) is 5.53. The molecule has 2 aromatic rings. The Morgan fingerprint density at radius 2 is 2.42 bits per heavy atom. The molecule has 0 aliphatic carbocycles. The van der Waals surface area contributed by atoms with E-state index in [1.54, 1.807) is 18.5 Å². The van der Waals surface area contributed by atoms with Crippen LogP contribution in [0.1, 0.15) is 29.7 Å². The Hall–Kier alpha value is -1.88. The first-order valence-corrected chi connectivity index (χ1v) is 6.45. The van der Waals surface area contributed by atoms with Crippen LogP contribution in [0.15, 0.2) is 24.5 Å². The smallest absolute Gasteiger partial charge is 0.337 e.